The Kier molecular flexibility index (Phi) is 2.57. The lowest BCUT2D eigenvalue weighted by Gasteiger charge is -2.10. The summed E-state index contributed by atoms with van der Waals surface area (Å²) in [5.74, 6) is -3.05. The normalized spacial score (nSPS) is 21.1. The first kappa shape index (κ1) is 9.60. The lowest BCUT2D eigenvalue weighted by atomic mass is 9.97. The molecule has 68 valence electrons. The van der Waals surface area contributed by atoms with Crippen molar-refractivity contribution < 1.29 is 19.8 Å². The zero-order valence-corrected chi connectivity index (χ0v) is 7.25. The molecule has 0 spiro atoms. The molecule has 2 N–H and O–H groups in total. The highest BCUT2D eigenvalue weighted by Gasteiger charge is 2.22. The minimum absolute atomic E-state index is 0.0162. The molecule has 0 amide bonds. The van der Waals surface area contributed by atoms with Crippen molar-refractivity contribution in [2.24, 2.45) is 5.92 Å². The van der Waals surface area contributed by atoms with Crippen molar-refractivity contribution in [2.45, 2.75) is 0 Å². The first-order chi connectivity index (χ1) is 6.02. The van der Waals surface area contributed by atoms with Crippen molar-refractivity contribution in [3.05, 3.63) is 23.8 Å². The van der Waals surface area contributed by atoms with Crippen LogP contribution >= 0.6 is 12.2 Å². The van der Waals surface area contributed by atoms with Crippen molar-refractivity contribution in [3.8, 4) is 0 Å². The van der Waals surface area contributed by atoms with Crippen LogP contribution in [0.5, 0.6) is 0 Å². The third kappa shape index (κ3) is 2.00. The molecule has 1 rings (SSSR count). The van der Waals surface area contributed by atoms with Gasteiger partial charge in [0, 0.05) is 4.86 Å². The number of allylic oxidation sites excluding steroid dienone is 1. The largest absolute Gasteiger partial charge is 0.481 e. The van der Waals surface area contributed by atoms with Gasteiger partial charge in [-0.2, -0.15) is 0 Å². The van der Waals surface area contributed by atoms with Crippen molar-refractivity contribution in [1.29, 1.82) is 0 Å². The van der Waals surface area contributed by atoms with Crippen LogP contribution in [-0.2, 0) is 9.59 Å². The number of hydrogen-bond donors (Lipinski definition) is 2. The van der Waals surface area contributed by atoms with Gasteiger partial charge in [0.2, 0.25) is 0 Å². The minimum Gasteiger partial charge on any atom is -0.481 e. The number of hydrogen-bond acceptors (Lipinski definition) is 3. The van der Waals surface area contributed by atoms with E-state index in [9.17, 15) is 9.59 Å². The Hall–Kier alpha value is -1.49. The van der Waals surface area contributed by atoms with E-state index < -0.39 is 17.9 Å². The first-order valence-corrected chi connectivity index (χ1v) is 3.83. The van der Waals surface area contributed by atoms with Crippen molar-refractivity contribution >= 4 is 29.0 Å². The van der Waals surface area contributed by atoms with Crippen LogP contribution in [0.3, 0.4) is 0 Å². The second-order valence-corrected chi connectivity index (χ2v) is 2.95. The Morgan fingerprint density at radius 2 is 2.00 bits per heavy atom. The highest BCUT2D eigenvalue weighted by atomic mass is 32.1. The van der Waals surface area contributed by atoms with Crippen LogP contribution in [0.15, 0.2) is 23.8 Å². The molecule has 0 heterocycles. The zero-order valence-electron chi connectivity index (χ0n) is 6.43. The fourth-order valence-electron chi connectivity index (χ4n) is 0.923. The molecule has 5 heteroatoms. The van der Waals surface area contributed by atoms with E-state index >= 15 is 0 Å². The van der Waals surface area contributed by atoms with Gasteiger partial charge in [0.1, 0.15) is 5.92 Å². The molecule has 0 saturated heterocycles. The van der Waals surface area contributed by atoms with Gasteiger partial charge >= 0.3 is 11.9 Å². The van der Waals surface area contributed by atoms with Crippen molar-refractivity contribution in [1.82, 2.24) is 0 Å². The van der Waals surface area contributed by atoms with Crippen LogP contribution in [0.25, 0.3) is 0 Å². The maximum Gasteiger partial charge on any atom is 0.335 e. The first-order valence-electron chi connectivity index (χ1n) is 3.42. The SMILES string of the molecule is O=C(O)C1=CC(=S)C(C(=O)O)C=C1. The van der Waals surface area contributed by atoms with Crippen molar-refractivity contribution in [2.75, 3.05) is 0 Å². The second-order valence-electron chi connectivity index (χ2n) is 2.48. The fourth-order valence-corrected chi connectivity index (χ4v) is 1.23. The summed E-state index contributed by atoms with van der Waals surface area (Å²) in [5.41, 5.74) is 0.0162. The Bertz CT molecular complexity index is 340. The molecule has 13 heavy (non-hydrogen) atoms. The van der Waals surface area contributed by atoms with Crippen LogP contribution in [0.2, 0.25) is 0 Å². The van der Waals surface area contributed by atoms with Gasteiger partial charge in [0.15, 0.2) is 0 Å². The Labute approximate surface area is 79.2 Å². The molecule has 0 fully saturated rings. The molecule has 1 unspecified atom stereocenters. The van der Waals surface area contributed by atoms with E-state index in [1.807, 2.05) is 0 Å². The Balaban J connectivity index is 2.91. The van der Waals surface area contributed by atoms with Gasteiger partial charge in [-0.1, -0.05) is 24.4 Å². The summed E-state index contributed by atoms with van der Waals surface area (Å²) in [4.78, 5) is 21.1. The van der Waals surface area contributed by atoms with Gasteiger partial charge in [-0.05, 0) is 6.08 Å². The lowest BCUT2D eigenvalue weighted by molar-refractivity contribution is -0.138. The smallest absolute Gasteiger partial charge is 0.335 e. The summed E-state index contributed by atoms with van der Waals surface area (Å²) in [6, 6.07) is 0. The predicted octanol–water partition coefficient (Wildman–Crippen LogP) is 0.638. The van der Waals surface area contributed by atoms with Crippen LogP contribution in [0.4, 0.5) is 0 Å². The molecular formula is C8H6O4S. The molecule has 1 aliphatic carbocycles. The van der Waals surface area contributed by atoms with E-state index in [4.69, 9.17) is 22.4 Å². The summed E-state index contributed by atoms with van der Waals surface area (Å²) in [7, 11) is 0. The van der Waals surface area contributed by atoms with E-state index in [0.717, 1.165) is 0 Å². The standard InChI is InChI=1S/C8H6O4S/c9-7(10)4-1-2-5(8(11)12)6(13)3-4/h1-3,5H,(H,9,10)(H,11,12). The molecule has 0 aromatic rings. The monoisotopic (exact) mass is 198 g/mol. The highest BCUT2D eigenvalue weighted by molar-refractivity contribution is 7.80. The molecule has 1 atom stereocenters. The number of carboxylic acid groups (broad SMARTS) is 2. The van der Waals surface area contributed by atoms with E-state index in [1.165, 1.54) is 18.2 Å². The minimum atomic E-state index is -1.11. The molecule has 0 aromatic carbocycles. The van der Waals surface area contributed by atoms with Gasteiger partial charge in [0.05, 0.1) is 5.57 Å². The summed E-state index contributed by atoms with van der Waals surface area (Å²) < 4.78 is 0. The Morgan fingerprint density at radius 3 is 2.38 bits per heavy atom. The maximum absolute atomic E-state index is 10.5. The lowest BCUT2D eigenvalue weighted by Crippen LogP contribution is -2.22. The van der Waals surface area contributed by atoms with Gasteiger partial charge in [-0.25, -0.2) is 4.79 Å². The van der Waals surface area contributed by atoms with Crippen LogP contribution in [-0.4, -0.2) is 27.0 Å². The number of carbonyl (C=O) groups is 2. The number of rotatable bonds is 2. The van der Waals surface area contributed by atoms with Crippen LogP contribution < -0.4 is 0 Å². The van der Waals surface area contributed by atoms with Crippen LogP contribution in [0, 0.1) is 5.92 Å². The highest BCUT2D eigenvalue weighted by Crippen LogP contribution is 2.14. The topological polar surface area (TPSA) is 74.6 Å². The average molecular weight is 198 g/mol. The number of carboxylic acids is 2. The van der Waals surface area contributed by atoms with E-state index in [0.29, 0.717) is 0 Å². The second kappa shape index (κ2) is 3.49. The molecule has 0 aliphatic heterocycles. The van der Waals surface area contributed by atoms with E-state index in [1.54, 1.807) is 0 Å². The zero-order chi connectivity index (χ0) is 10.0. The molecule has 4 nitrogen and oxygen atoms in total. The molecule has 0 saturated carbocycles. The van der Waals surface area contributed by atoms with Gasteiger partial charge < -0.3 is 10.2 Å². The molecule has 0 bridgehead atoms. The predicted molar refractivity (Wildman–Crippen MR) is 48.6 cm³/mol. The van der Waals surface area contributed by atoms with Gasteiger partial charge in [-0.3, -0.25) is 4.79 Å². The average Bonchev–Trinajstić information content (AvgIpc) is 2.03. The van der Waals surface area contributed by atoms with E-state index in [-0.39, 0.29) is 10.4 Å². The summed E-state index contributed by atoms with van der Waals surface area (Å²) in [5, 5.41) is 17.2. The third-order valence-corrected chi connectivity index (χ3v) is 1.96. The van der Waals surface area contributed by atoms with E-state index in [2.05, 4.69) is 0 Å². The summed E-state index contributed by atoms with van der Waals surface area (Å²) in [6.07, 6.45) is 3.71. The number of aliphatic carboxylic acids is 2. The third-order valence-electron chi connectivity index (χ3n) is 1.59. The summed E-state index contributed by atoms with van der Waals surface area (Å²) >= 11 is 4.73. The van der Waals surface area contributed by atoms with Crippen molar-refractivity contribution in [3.63, 3.8) is 0 Å². The molecule has 0 radical (unpaired) electrons. The molecule has 0 aromatic heterocycles. The van der Waals surface area contributed by atoms with Crippen LogP contribution in [0.1, 0.15) is 0 Å². The summed E-state index contributed by atoms with van der Waals surface area (Å²) in [6.45, 7) is 0. The number of thiocarbonyl (C=S) groups is 1. The quantitative estimate of drug-likeness (QED) is 0.637. The fraction of sp³-hybridized carbons (Fsp3) is 0.125. The maximum atomic E-state index is 10.5. The van der Waals surface area contributed by atoms with Gasteiger partial charge in [-0.15, -0.1) is 0 Å². The molecule has 1 aliphatic rings. The molecular weight excluding hydrogens is 192 g/mol. The Morgan fingerprint density at radius 1 is 1.38 bits per heavy atom. The van der Waals surface area contributed by atoms with Gasteiger partial charge in [0.25, 0.3) is 0 Å².